The van der Waals surface area contributed by atoms with Gasteiger partial charge < -0.3 is 40.5 Å². The smallest absolute Gasteiger partial charge is 0 e. The molecule has 2 radical (unpaired) electrons. The van der Waals surface area contributed by atoms with E-state index in [0.29, 0.717) is 24.7 Å². The third-order valence-corrected chi connectivity index (χ3v) is 2.00. The number of rotatable bonds is 6. The third-order valence-electron chi connectivity index (χ3n) is 2.00. The number of hydrogen-bond donors (Lipinski definition) is 0. The molecule has 0 bridgehead atoms. The quantitative estimate of drug-likeness (QED) is 0.304. The fourth-order valence-corrected chi connectivity index (χ4v) is 0.899. The third kappa shape index (κ3) is 104. The van der Waals surface area contributed by atoms with E-state index in [1.54, 1.807) is 0 Å². The molecule has 0 aromatic carbocycles. The zero-order valence-corrected chi connectivity index (χ0v) is 27.7. The SMILES string of the molecule is [CH-]=O.[CH-]=O.[CH2-]C(=O)CCC(C)C.[CH2-]C(=O)CCC(C)C.[CH3-].[W].[W].[Y].[Y]. The molecule has 0 unspecified atom stereocenters. The second kappa shape index (κ2) is 50.2. The largest absolute Gasteiger partial charge is 0.545 e. The molecule has 0 N–H and O–H groups in total. The maximum Gasteiger partial charge on any atom is 0 e. The molecular weight excluding hydrogens is 814 g/mol. The molecule has 0 fully saturated rings. The molecule has 0 saturated heterocycles. The topological polar surface area (TPSA) is 68.3 Å². The van der Waals surface area contributed by atoms with Gasteiger partial charge in [0.05, 0.1) is 0 Å². The van der Waals surface area contributed by atoms with Crippen LogP contribution >= 0.6 is 0 Å². The van der Waals surface area contributed by atoms with Crippen LogP contribution in [0.1, 0.15) is 53.4 Å². The van der Waals surface area contributed by atoms with Crippen molar-refractivity contribution in [1.82, 2.24) is 0 Å². The van der Waals surface area contributed by atoms with E-state index >= 15 is 0 Å². The van der Waals surface area contributed by atoms with Gasteiger partial charge in [0, 0.05) is 108 Å². The first-order valence-corrected chi connectivity index (χ1v) is 6.42. The molecule has 4 nitrogen and oxygen atoms in total. The molecule has 0 aromatic heterocycles. The second-order valence-electron chi connectivity index (χ2n) is 4.94. The van der Waals surface area contributed by atoms with Crippen LogP contribution < -0.4 is 0 Å². The van der Waals surface area contributed by atoms with Crippen LogP contribution in [0.2, 0.25) is 0 Å². The van der Waals surface area contributed by atoms with Crippen molar-refractivity contribution in [2.24, 2.45) is 11.8 Å². The maximum absolute atomic E-state index is 10.2. The van der Waals surface area contributed by atoms with E-state index in [0.717, 1.165) is 12.8 Å². The molecular formula is C17H31O4W2Y2-5. The number of Topliss-reactive ketones (excluding diaryl/α,β-unsaturated/α-hetero) is 2. The van der Waals surface area contributed by atoms with E-state index in [-0.39, 0.29) is 127 Å². The standard InChI is InChI=1S/2C7H13O.2CHO.CH3.2W.2Y/c2*1-6(2)4-5-7(3)8;2*1-2;;;;;/h2*6H,3-5H2,1-2H3;2*1H;1H3;;;;/q5*-1;;;;. The number of carbonyl (C=O) groups excluding carboxylic acids is 4. The van der Waals surface area contributed by atoms with Crippen molar-refractivity contribution in [3.8, 4) is 0 Å². The summed E-state index contributed by atoms with van der Waals surface area (Å²) in [5, 5.41) is 0. The van der Waals surface area contributed by atoms with Crippen LogP contribution in [0.3, 0.4) is 0 Å². The average Bonchev–Trinajstić information content (AvgIpc) is 2.39. The molecule has 0 atom stereocenters. The van der Waals surface area contributed by atoms with Crippen LogP contribution in [0.5, 0.6) is 0 Å². The van der Waals surface area contributed by atoms with E-state index < -0.39 is 0 Å². The van der Waals surface area contributed by atoms with Crippen molar-refractivity contribution in [1.29, 1.82) is 0 Å². The summed E-state index contributed by atoms with van der Waals surface area (Å²) in [5.41, 5.74) is 0. The van der Waals surface area contributed by atoms with Gasteiger partial charge in [0.25, 0.3) is 0 Å². The van der Waals surface area contributed by atoms with E-state index in [1.807, 2.05) is 0 Å². The second-order valence-corrected chi connectivity index (χ2v) is 4.94. The molecule has 0 aromatic rings. The Morgan fingerprint density at radius 2 is 0.880 bits per heavy atom. The van der Waals surface area contributed by atoms with Gasteiger partial charge >= 0.3 is 0 Å². The summed E-state index contributed by atoms with van der Waals surface area (Å²) in [4.78, 5) is 36.0. The molecule has 0 spiro atoms. The molecule has 25 heavy (non-hydrogen) atoms. The van der Waals surface area contributed by atoms with Gasteiger partial charge in [-0.25, -0.2) is 0 Å². The van der Waals surface area contributed by atoms with Crippen molar-refractivity contribution in [3.05, 3.63) is 21.3 Å². The Morgan fingerprint density at radius 1 is 0.720 bits per heavy atom. The average molecular weight is 845 g/mol. The Hall–Kier alpha value is 2.00. The normalized spacial score (nSPS) is 6.64. The monoisotopic (exact) mass is 845 g/mol. The van der Waals surface area contributed by atoms with Crippen LogP contribution in [0.4, 0.5) is 0 Å². The van der Waals surface area contributed by atoms with Crippen molar-refractivity contribution in [2.75, 3.05) is 0 Å². The minimum atomic E-state index is 0. The van der Waals surface area contributed by atoms with Crippen molar-refractivity contribution in [2.45, 2.75) is 53.4 Å². The molecule has 0 aliphatic rings. The van der Waals surface area contributed by atoms with Gasteiger partial charge in [-0.2, -0.15) is 0 Å². The molecule has 0 aliphatic carbocycles. The van der Waals surface area contributed by atoms with E-state index in [1.165, 1.54) is 0 Å². The molecule has 0 aliphatic heterocycles. The summed E-state index contributed by atoms with van der Waals surface area (Å²) in [7, 11) is 0. The first-order valence-electron chi connectivity index (χ1n) is 6.42. The van der Waals surface area contributed by atoms with Crippen LogP contribution in [0.15, 0.2) is 0 Å². The van der Waals surface area contributed by atoms with Gasteiger partial charge in [0.1, 0.15) is 0 Å². The molecule has 0 saturated carbocycles. The van der Waals surface area contributed by atoms with Gasteiger partial charge in [0.15, 0.2) is 0 Å². The zero-order valence-electron chi connectivity index (χ0n) is 16.2. The Bertz CT molecular complexity index is 219. The summed E-state index contributed by atoms with van der Waals surface area (Å²) >= 11 is 0. The molecule has 146 valence electrons. The van der Waals surface area contributed by atoms with E-state index in [9.17, 15) is 9.59 Å². The van der Waals surface area contributed by atoms with Crippen LogP contribution in [-0.4, -0.2) is 25.1 Å². The van der Waals surface area contributed by atoms with Crippen molar-refractivity contribution < 1.29 is 127 Å². The van der Waals surface area contributed by atoms with Crippen molar-refractivity contribution in [3.63, 3.8) is 0 Å². The van der Waals surface area contributed by atoms with Gasteiger partial charge in [-0.3, -0.25) is 13.6 Å². The predicted molar refractivity (Wildman–Crippen MR) is 88.8 cm³/mol. The summed E-state index contributed by atoms with van der Waals surface area (Å²) in [6, 6.07) is 0. The van der Waals surface area contributed by atoms with Crippen LogP contribution in [0.25, 0.3) is 0 Å². The van der Waals surface area contributed by atoms with Crippen LogP contribution in [-0.2, 0) is 127 Å². The zero-order chi connectivity index (χ0) is 17.1. The number of hydrogen-bond acceptors (Lipinski definition) is 4. The summed E-state index contributed by atoms with van der Waals surface area (Å²) < 4.78 is 0. The van der Waals surface area contributed by atoms with Gasteiger partial charge in [-0.05, 0) is 49.1 Å². The number of ketones is 2. The summed E-state index contributed by atoms with van der Waals surface area (Å²) in [6.07, 6.45) is 3.22. The maximum atomic E-state index is 10.2. The van der Waals surface area contributed by atoms with Gasteiger partial charge in [-0.1, -0.05) is 27.7 Å². The Labute approximate surface area is 235 Å². The molecule has 0 rings (SSSR count). The Balaban J connectivity index is -0.0000000208. The van der Waals surface area contributed by atoms with Crippen LogP contribution in [0, 0.1) is 33.1 Å². The fourth-order valence-electron chi connectivity index (χ4n) is 0.899. The minimum Gasteiger partial charge on any atom is -0.545 e. The summed E-state index contributed by atoms with van der Waals surface area (Å²) in [6.45, 7) is 21.4. The fraction of sp³-hybridized carbons (Fsp3) is 0.588. The minimum absolute atomic E-state index is 0. The first kappa shape index (κ1) is 56.3. The first-order chi connectivity index (χ1) is 9.25. The number of carbonyl (C=O) groups is 2. The Morgan fingerprint density at radius 3 is 0.920 bits per heavy atom. The molecule has 0 heterocycles. The van der Waals surface area contributed by atoms with E-state index in [2.05, 4.69) is 55.1 Å². The van der Waals surface area contributed by atoms with Crippen molar-refractivity contribution >= 4 is 25.1 Å². The molecule has 0 amide bonds. The predicted octanol–water partition coefficient (Wildman–Crippen LogP) is 3.54. The van der Waals surface area contributed by atoms with Gasteiger partial charge in [-0.15, -0.1) is 0 Å². The van der Waals surface area contributed by atoms with Gasteiger partial charge in [0.2, 0.25) is 0 Å². The summed E-state index contributed by atoms with van der Waals surface area (Å²) in [5.74, 6) is 1.36. The molecule has 8 heteroatoms. The Kier molecular flexibility index (Phi) is 113. The van der Waals surface area contributed by atoms with E-state index in [4.69, 9.17) is 9.59 Å².